The summed E-state index contributed by atoms with van der Waals surface area (Å²) in [7, 11) is 0. The van der Waals surface area contributed by atoms with Crippen LogP contribution in [0.1, 0.15) is 65.3 Å². The van der Waals surface area contributed by atoms with E-state index in [1.807, 2.05) is 0 Å². The monoisotopic (exact) mass is 824 g/mol. The number of imidazole rings is 2. The van der Waals surface area contributed by atoms with E-state index in [-0.39, 0.29) is 85.1 Å². The molecule has 7 aromatic rings. The number of primary amides is 2. The number of aryl methyl sites for hydroxylation is 3. The lowest BCUT2D eigenvalue weighted by Gasteiger charge is -2.13. The zero-order chi connectivity index (χ0) is 43.5. The van der Waals surface area contributed by atoms with Crippen LogP contribution in [0.5, 0.6) is 5.75 Å². The highest BCUT2D eigenvalue weighted by atomic mass is 16.5. The van der Waals surface area contributed by atoms with Crippen LogP contribution in [0.25, 0.3) is 33.0 Å². The molecule has 0 saturated carbocycles. The smallest absolute Gasteiger partial charge is 0.276 e. The number of aliphatic hydroxyl groups is 1. The van der Waals surface area contributed by atoms with Gasteiger partial charge in [-0.2, -0.15) is 10.2 Å². The number of nitrogens with two attached hydrogens (primary N) is 2. The molecule has 0 atom stereocenters. The molecule has 0 unspecified atom stereocenters. The van der Waals surface area contributed by atoms with Gasteiger partial charge in [-0.25, -0.2) is 19.3 Å². The van der Waals surface area contributed by atoms with Crippen LogP contribution in [0.15, 0.2) is 53.0 Å². The summed E-state index contributed by atoms with van der Waals surface area (Å²) in [5.41, 5.74) is 15.1. The molecule has 0 bridgehead atoms. The number of carbonyl (C=O) groups is 4. The van der Waals surface area contributed by atoms with Gasteiger partial charge in [-0.3, -0.25) is 29.8 Å². The second-order valence-electron chi connectivity index (χ2n) is 13.9. The maximum absolute atomic E-state index is 13.8. The van der Waals surface area contributed by atoms with Crippen molar-refractivity contribution in [2.24, 2.45) is 11.5 Å². The summed E-state index contributed by atoms with van der Waals surface area (Å²) >= 11 is 0. The quantitative estimate of drug-likeness (QED) is 0.0536. The van der Waals surface area contributed by atoms with Crippen molar-refractivity contribution in [3.05, 3.63) is 88.2 Å². The number of carbonyl (C=O) groups excluding carboxylic acids is 4. The van der Waals surface area contributed by atoms with Gasteiger partial charge in [0.2, 0.25) is 17.8 Å². The molecule has 5 heterocycles. The van der Waals surface area contributed by atoms with Gasteiger partial charge in [-0.1, -0.05) is 24.0 Å². The van der Waals surface area contributed by atoms with Gasteiger partial charge < -0.3 is 34.9 Å². The molecule has 0 fully saturated rings. The fraction of sp³-hybridized carbons (Fsp3) is 0.238. The number of fused-ring (bicyclic) bond motifs is 4. The number of amides is 4. The Labute approximate surface area is 347 Å². The number of nitrogens with zero attached hydrogens (tertiary/aromatic N) is 8. The Kier molecular flexibility index (Phi) is 11.4. The van der Waals surface area contributed by atoms with Crippen molar-refractivity contribution in [1.82, 2.24) is 38.7 Å². The van der Waals surface area contributed by atoms with Crippen LogP contribution in [-0.4, -0.2) is 80.6 Å². The van der Waals surface area contributed by atoms with Crippen molar-refractivity contribution in [2.75, 3.05) is 23.8 Å². The topological polar surface area (TPSA) is 258 Å². The Bertz CT molecular complexity index is 3020. The average Bonchev–Trinajstić information content (AvgIpc) is 4.03. The first kappa shape index (κ1) is 41.0. The van der Waals surface area contributed by atoms with Gasteiger partial charge in [0, 0.05) is 37.1 Å². The van der Waals surface area contributed by atoms with Gasteiger partial charge in [-0.15, -0.1) is 12.8 Å². The highest BCUT2D eigenvalue weighted by Crippen LogP contribution is 2.34. The lowest BCUT2D eigenvalue weighted by molar-refractivity contribution is 0.0992. The fourth-order valence-corrected chi connectivity index (χ4v) is 6.97. The van der Waals surface area contributed by atoms with Gasteiger partial charge in [0.25, 0.3) is 17.7 Å². The van der Waals surface area contributed by atoms with Gasteiger partial charge in [-0.05, 0) is 57.2 Å². The largest absolute Gasteiger partial charge is 0.491 e. The van der Waals surface area contributed by atoms with Gasteiger partial charge in [0.1, 0.15) is 47.1 Å². The molecule has 5 aromatic heterocycles. The summed E-state index contributed by atoms with van der Waals surface area (Å²) in [6.07, 6.45) is 15.0. The summed E-state index contributed by atoms with van der Waals surface area (Å²) in [4.78, 5) is 61.8. The van der Waals surface area contributed by atoms with Crippen molar-refractivity contribution in [1.29, 1.82) is 0 Å². The predicted octanol–water partition coefficient (Wildman–Crippen LogP) is 3.44. The Morgan fingerprint density at radius 3 is 1.89 bits per heavy atom. The molecule has 19 nitrogen and oxygen atoms in total. The van der Waals surface area contributed by atoms with E-state index in [1.165, 1.54) is 27.6 Å². The average molecular weight is 825 g/mol. The van der Waals surface area contributed by atoms with E-state index in [9.17, 15) is 24.3 Å². The van der Waals surface area contributed by atoms with Crippen LogP contribution < -0.4 is 26.8 Å². The van der Waals surface area contributed by atoms with E-state index < -0.39 is 23.6 Å². The minimum atomic E-state index is -0.724. The molecule has 0 spiro atoms. The molecule has 2 aromatic carbocycles. The number of ether oxygens (including phenoxy) is 1. The van der Waals surface area contributed by atoms with Crippen molar-refractivity contribution < 1.29 is 33.4 Å². The first-order valence-electron chi connectivity index (χ1n) is 18.9. The molecule has 7 rings (SSSR count). The molecule has 0 saturated heterocycles. The van der Waals surface area contributed by atoms with Crippen LogP contribution in [-0.2, 0) is 26.2 Å². The Hall–Kier alpha value is -8.16. The van der Waals surface area contributed by atoms with E-state index >= 15 is 0 Å². The highest BCUT2D eigenvalue weighted by Gasteiger charge is 2.25. The number of nitrogens with one attached hydrogen (secondary N) is 2. The number of aliphatic hydroxyl groups excluding tert-OH is 1. The Morgan fingerprint density at radius 2 is 1.36 bits per heavy atom. The molecule has 310 valence electrons. The Morgan fingerprint density at radius 1 is 0.803 bits per heavy atom. The summed E-state index contributed by atoms with van der Waals surface area (Å²) in [5, 5.41) is 24.4. The molecule has 0 aliphatic carbocycles. The number of terminal acetylenes is 2. The second kappa shape index (κ2) is 17.0. The maximum atomic E-state index is 13.8. The highest BCUT2D eigenvalue weighted by molar-refractivity contribution is 6.14. The van der Waals surface area contributed by atoms with Crippen LogP contribution in [0.4, 0.5) is 11.9 Å². The molecular formula is C42H40N12O7. The van der Waals surface area contributed by atoms with Crippen LogP contribution in [0, 0.1) is 45.5 Å². The number of rotatable bonds is 16. The summed E-state index contributed by atoms with van der Waals surface area (Å²) < 4.78 is 18.2. The summed E-state index contributed by atoms with van der Waals surface area (Å²) in [6, 6.07) is 9.42. The third-order valence-corrected chi connectivity index (χ3v) is 9.49. The van der Waals surface area contributed by atoms with E-state index in [1.54, 1.807) is 60.3 Å². The summed E-state index contributed by atoms with van der Waals surface area (Å²) in [5.74, 6) is 3.46. The van der Waals surface area contributed by atoms with Crippen molar-refractivity contribution in [3.63, 3.8) is 0 Å². The van der Waals surface area contributed by atoms with Crippen LogP contribution >= 0.6 is 0 Å². The fourth-order valence-electron chi connectivity index (χ4n) is 6.97. The lowest BCUT2D eigenvalue weighted by atomic mass is 10.1. The standard InChI is InChI=1S/C42H40N12O7/c1-6-11-53-31(17-23(3)49-53)39(58)47-41-46-30-22-28(38(44)57)36-27(19-25(5)61-36)34(30)51(41)13-8-9-14-52-35-29(20-26(37(43)56)21-33(35)60-16-10-15-55)45-42(52)48-40(59)32-18-24(4)50-54(32)12-7-2/h1-2,8-9,17-22,55H,10-16H2,3-5H3,(H2,43,56)(H2,44,57)(H,45,48,59)(H,46,47,58)/b9-8+. The second-order valence-corrected chi connectivity index (χ2v) is 13.9. The minimum Gasteiger partial charge on any atom is -0.491 e. The maximum Gasteiger partial charge on any atom is 0.276 e. The zero-order valence-corrected chi connectivity index (χ0v) is 33.4. The zero-order valence-electron chi connectivity index (χ0n) is 33.4. The van der Waals surface area contributed by atoms with E-state index in [0.717, 1.165) is 0 Å². The third-order valence-electron chi connectivity index (χ3n) is 9.49. The van der Waals surface area contributed by atoms with Crippen molar-refractivity contribution in [2.45, 2.75) is 53.4 Å². The Balaban J connectivity index is 1.31. The van der Waals surface area contributed by atoms with Gasteiger partial charge in [0.15, 0.2) is 0 Å². The van der Waals surface area contributed by atoms with Crippen molar-refractivity contribution >= 4 is 68.6 Å². The number of benzene rings is 2. The molecule has 4 amide bonds. The number of furan rings is 1. The minimum absolute atomic E-state index is 0.0503. The number of allylic oxidation sites excluding steroid dienone is 2. The molecular weight excluding hydrogens is 785 g/mol. The number of aromatic nitrogens is 8. The molecule has 0 radical (unpaired) electrons. The molecule has 0 aliphatic rings. The number of hydrogen-bond donors (Lipinski definition) is 5. The SMILES string of the molecule is C#CCn1nc(C)cc1C(=O)Nc1nc2cc(C(N)=O)cc(OCCCO)c2n1C/C=C/Cn1c(NC(=O)c2cc(C)nn2CC#C)nc2cc(C(N)=O)c3oc(C)cc3c21. The number of anilines is 2. The molecule has 19 heteroatoms. The predicted molar refractivity (Wildman–Crippen MR) is 225 cm³/mol. The van der Waals surface area contributed by atoms with Gasteiger partial charge in [0.05, 0.1) is 40.1 Å². The lowest BCUT2D eigenvalue weighted by Crippen LogP contribution is -2.20. The third kappa shape index (κ3) is 8.13. The van der Waals surface area contributed by atoms with E-state index in [4.69, 9.17) is 38.5 Å². The van der Waals surface area contributed by atoms with Crippen LogP contribution in [0.2, 0.25) is 0 Å². The molecule has 7 N–H and O–H groups in total. The van der Waals surface area contributed by atoms with Crippen LogP contribution in [0.3, 0.4) is 0 Å². The van der Waals surface area contributed by atoms with Gasteiger partial charge >= 0.3 is 0 Å². The molecule has 0 aliphatic heterocycles. The van der Waals surface area contributed by atoms with E-state index in [0.29, 0.717) is 51.0 Å². The van der Waals surface area contributed by atoms with E-state index in [2.05, 4.69) is 37.7 Å². The first-order valence-corrected chi connectivity index (χ1v) is 18.9. The summed E-state index contributed by atoms with van der Waals surface area (Å²) in [6.45, 7) is 5.49. The number of hydrogen-bond acceptors (Lipinski definition) is 11. The molecule has 61 heavy (non-hydrogen) atoms. The first-order chi connectivity index (χ1) is 29.3. The normalized spacial score (nSPS) is 11.4. The van der Waals surface area contributed by atoms with Crippen molar-refractivity contribution in [3.8, 4) is 30.4 Å².